The van der Waals surface area contributed by atoms with Gasteiger partial charge in [-0.1, -0.05) is 29.8 Å². The van der Waals surface area contributed by atoms with E-state index in [0.717, 1.165) is 12.5 Å². The SMILES string of the molecule is CS(=O)(=O)c1ncc(Cl)c(C(=O)Nc2ccccc2)n1. The second-order valence-corrected chi connectivity index (χ2v) is 6.26. The molecule has 2 rings (SSSR count). The number of anilines is 1. The summed E-state index contributed by atoms with van der Waals surface area (Å²) in [5.41, 5.74) is 0.360. The van der Waals surface area contributed by atoms with Crippen molar-refractivity contribution in [2.45, 2.75) is 5.16 Å². The Labute approximate surface area is 120 Å². The Morgan fingerprint density at radius 1 is 1.25 bits per heavy atom. The minimum absolute atomic E-state index is 0.0224. The number of carbonyl (C=O) groups excluding carboxylic acids is 1. The van der Waals surface area contributed by atoms with Crippen LogP contribution in [-0.2, 0) is 9.84 Å². The maximum Gasteiger partial charge on any atom is 0.275 e. The van der Waals surface area contributed by atoms with Crippen molar-refractivity contribution in [2.75, 3.05) is 11.6 Å². The first-order chi connectivity index (χ1) is 9.38. The lowest BCUT2D eigenvalue weighted by Crippen LogP contribution is -2.17. The number of hydrogen-bond donors (Lipinski definition) is 1. The number of sulfone groups is 1. The molecule has 2 aromatic rings. The number of halogens is 1. The van der Waals surface area contributed by atoms with E-state index >= 15 is 0 Å². The molecule has 0 atom stereocenters. The zero-order valence-corrected chi connectivity index (χ0v) is 11.9. The van der Waals surface area contributed by atoms with E-state index in [4.69, 9.17) is 11.6 Å². The van der Waals surface area contributed by atoms with Crippen LogP contribution in [0.1, 0.15) is 10.5 Å². The molecule has 1 aromatic carbocycles. The Morgan fingerprint density at radius 2 is 1.90 bits per heavy atom. The molecule has 6 nitrogen and oxygen atoms in total. The molecule has 0 spiro atoms. The largest absolute Gasteiger partial charge is 0.321 e. The standard InChI is InChI=1S/C12H10ClN3O3S/c1-20(18,19)12-14-7-9(13)10(16-12)11(17)15-8-5-3-2-4-6-8/h2-7H,1H3,(H,15,17). The topological polar surface area (TPSA) is 89.0 Å². The quantitative estimate of drug-likeness (QED) is 0.873. The lowest BCUT2D eigenvalue weighted by atomic mass is 10.3. The molecule has 0 radical (unpaired) electrons. The first-order valence-corrected chi connectivity index (χ1v) is 7.74. The molecule has 1 aromatic heterocycles. The molecule has 0 aliphatic heterocycles. The molecule has 0 unspecified atom stereocenters. The highest BCUT2D eigenvalue weighted by Crippen LogP contribution is 2.16. The van der Waals surface area contributed by atoms with Crippen LogP contribution in [0.15, 0.2) is 41.7 Å². The summed E-state index contributed by atoms with van der Waals surface area (Å²) in [4.78, 5) is 19.3. The number of aromatic nitrogens is 2. The number of nitrogens with zero attached hydrogens (tertiary/aromatic N) is 2. The highest BCUT2D eigenvalue weighted by Gasteiger charge is 2.18. The van der Waals surface area contributed by atoms with Crippen LogP contribution >= 0.6 is 11.6 Å². The number of carbonyl (C=O) groups is 1. The van der Waals surface area contributed by atoms with E-state index in [0.29, 0.717) is 5.69 Å². The molecule has 1 heterocycles. The highest BCUT2D eigenvalue weighted by atomic mass is 35.5. The maximum atomic E-state index is 12.0. The normalized spacial score (nSPS) is 11.1. The van der Waals surface area contributed by atoms with Gasteiger partial charge < -0.3 is 5.32 Å². The van der Waals surface area contributed by atoms with Crippen LogP contribution in [0.4, 0.5) is 5.69 Å². The summed E-state index contributed by atoms with van der Waals surface area (Å²) in [5.74, 6) is -0.603. The van der Waals surface area contributed by atoms with Gasteiger partial charge in [0.15, 0.2) is 5.69 Å². The van der Waals surface area contributed by atoms with Crippen molar-refractivity contribution in [3.8, 4) is 0 Å². The molecule has 1 N–H and O–H groups in total. The number of amides is 1. The third kappa shape index (κ3) is 3.31. The molecule has 0 aliphatic rings. The minimum atomic E-state index is -3.61. The Kier molecular flexibility index (Phi) is 4.01. The number of nitrogens with one attached hydrogen (secondary N) is 1. The molecule has 8 heteroatoms. The predicted molar refractivity (Wildman–Crippen MR) is 74.5 cm³/mol. The van der Waals surface area contributed by atoms with Crippen molar-refractivity contribution < 1.29 is 13.2 Å². The van der Waals surface area contributed by atoms with Gasteiger partial charge in [0.2, 0.25) is 15.0 Å². The second kappa shape index (κ2) is 5.56. The van der Waals surface area contributed by atoms with Crippen molar-refractivity contribution in [3.05, 3.63) is 47.2 Å². The molecule has 0 fully saturated rings. The minimum Gasteiger partial charge on any atom is -0.321 e. The fourth-order valence-electron chi connectivity index (χ4n) is 1.40. The average molecular weight is 312 g/mol. The van der Waals surface area contributed by atoms with Crippen LogP contribution in [0.25, 0.3) is 0 Å². The zero-order chi connectivity index (χ0) is 14.8. The summed E-state index contributed by atoms with van der Waals surface area (Å²) in [5, 5.41) is 2.10. The van der Waals surface area contributed by atoms with Gasteiger partial charge in [0.05, 0.1) is 11.2 Å². The average Bonchev–Trinajstić information content (AvgIpc) is 2.39. The predicted octanol–water partition coefficient (Wildman–Crippen LogP) is 1.79. The van der Waals surface area contributed by atoms with Gasteiger partial charge in [-0.05, 0) is 12.1 Å². The summed E-state index contributed by atoms with van der Waals surface area (Å²) < 4.78 is 22.8. The Balaban J connectivity index is 2.35. The van der Waals surface area contributed by atoms with E-state index in [9.17, 15) is 13.2 Å². The second-order valence-electron chi connectivity index (χ2n) is 3.94. The van der Waals surface area contributed by atoms with Crippen LogP contribution < -0.4 is 5.32 Å². The van der Waals surface area contributed by atoms with Crippen LogP contribution in [0.3, 0.4) is 0 Å². The molecule has 0 saturated carbocycles. The van der Waals surface area contributed by atoms with E-state index < -0.39 is 20.9 Å². The van der Waals surface area contributed by atoms with Crippen LogP contribution in [-0.4, -0.2) is 30.5 Å². The third-order valence-electron chi connectivity index (χ3n) is 2.30. The first kappa shape index (κ1) is 14.4. The Bertz CT molecular complexity index is 748. The fourth-order valence-corrected chi connectivity index (χ4v) is 2.08. The van der Waals surface area contributed by atoms with Gasteiger partial charge in [-0.2, -0.15) is 0 Å². The van der Waals surface area contributed by atoms with E-state index in [1.54, 1.807) is 30.3 Å². The van der Waals surface area contributed by atoms with Crippen molar-refractivity contribution in [2.24, 2.45) is 0 Å². The van der Waals surface area contributed by atoms with Gasteiger partial charge in [-0.15, -0.1) is 0 Å². The lowest BCUT2D eigenvalue weighted by molar-refractivity contribution is 0.102. The molecule has 0 aliphatic carbocycles. The lowest BCUT2D eigenvalue weighted by Gasteiger charge is -2.06. The maximum absolute atomic E-state index is 12.0. The molecule has 20 heavy (non-hydrogen) atoms. The van der Waals surface area contributed by atoms with Crippen LogP contribution in [0, 0.1) is 0 Å². The summed E-state index contributed by atoms with van der Waals surface area (Å²) in [7, 11) is -3.61. The van der Waals surface area contributed by atoms with Crippen molar-refractivity contribution in [3.63, 3.8) is 0 Å². The Hall–Kier alpha value is -1.99. The van der Waals surface area contributed by atoms with E-state index in [1.165, 1.54) is 0 Å². The number of hydrogen-bond acceptors (Lipinski definition) is 5. The first-order valence-electron chi connectivity index (χ1n) is 5.47. The molecule has 0 bridgehead atoms. The fraction of sp³-hybridized carbons (Fsp3) is 0.0833. The number of para-hydroxylation sites is 1. The van der Waals surface area contributed by atoms with E-state index in [1.807, 2.05) is 0 Å². The van der Waals surface area contributed by atoms with Gasteiger partial charge in [0.1, 0.15) is 0 Å². The van der Waals surface area contributed by atoms with Gasteiger partial charge in [-0.3, -0.25) is 4.79 Å². The monoisotopic (exact) mass is 311 g/mol. The van der Waals surface area contributed by atoms with Gasteiger partial charge in [0.25, 0.3) is 5.91 Å². The van der Waals surface area contributed by atoms with Crippen molar-refractivity contribution in [1.29, 1.82) is 0 Å². The van der Waals surface area contributed by atoms with Crippen molar-refractivity contribution >= 4 is 33.0 Å². The number of benzene rings is 1. The van der Waals surface area contributed by atoms with Crippen LogP contribution in [0.5, 0.6) is 0 Å². The summed E-state index contributed by atoms with van der Waals surface area (Å²) in [6, 6.07) is 8.67. The summed E-state index contributed by atoms with van der Waals surface area (Å²) in [6.45, 7) is 0. The summed E-state index contributed by atoms with van der Waals surface area (Å²) >= 11 is 5.83. The van der Waals surface area contributed by atoms with Gasteiger partial charge >= 0.3 is 0 Å². The zero-order valence-electron chi connectivity index (χ0n) is 10.4. The smallest absolute Gasteiger partial charge is 0.275 e. The Morgan fingerprint density at radius 3 is 2.50 bits per heavy atom. The molecular weight excluding hydrogens is 302 g/mol. The van der Waals surface area contributed by atoms with Gasteiger partial charge in [-0.25, -0.2) is 18.4 Å². The molecule has 1 amide bonds. The molecule has 104 valence electrons. The van der Waals surface area contributed by atoms with Crippen molar-refractivity contribution in [1.82, 2.24) is 9.97 Å². The summed E-state index contributed by atoms with van der Waals surface area (Å²) in [6.07, 6.45) is 2.04. The van der Waals surface area contributed by atoms with Crippen LogP contribution in [0.2, 0.25) is 5.02 Å². The highest BCUT2D eigenvalue weighted by molar-refractivity contribution is 7.90. The van der Waals surface area contributed by atoms with E-state index in [-0.39, 0.29) is 10.7 Å². The molecule has 0 saturated heterocycles. The number of rotatable bonds is 3. The molecular formula is C12H10ClN3O3S. The third-order valence-corrected chi connectivity index (χ3v) is 3.44. The van der Waals surface area contributed by atoms with Gasteiger partial charge in [0, 0.05) is 11.9 Å². The van der Waals surface area contributed by atoms with E-state index in [2.05, 4.69) is 15.3 Å².